The SMILES string of the molecule is COP(=O)(CCCS(C)(F)F)OC. The maximum atomic E-state index is 12.4. The summed E-state index contributed by atoms with van der Waals surface area (Å²) in [5, 5.41) is 0. The fraction of sp³-hybridized carbons (Fsp3) is 1.00. The highest BCUT2D eigenvalue weighted by Crippen LogP contribution is 2.51. The summed E-state index contributed by atoms with van der Waals surface area (Å²) in [6.45, 7) is 0. The van der Waals surface area contributed by atoms with Crippen LogP contribution in [0.2, 0.25) is 0 Å². The zero-order valence-electron chi connectivity index (χ0n) is 7.96. The van der Waals surface area contributed by atoms with Crippen LogP contribution in [0.3, 0.4) is 0 Å². The lowest BCUT2D eigenvalue weighted by atomic mass is 10.6. The smallest absolute Gasteiger partial charge is 0.312 e. The number of halogens is 2. The number of hydrogen-bond donors (Lipinski definition) is 0. The Bertz CT molecular complexity index is 187. The van der Waals surface area contributed by atoms with Gasteiger partial charge in [0, 0.05) is 26.2 Å². The molecule has 13 heavy (non-hydrogen) atoms. The third-order valence-electron chi connectivity index (χ3n) is 1.49. The lowest BCUT2D eigenvalue weighted by molar-refractivity contribution is 0.276. The first kappa shape index (κ1) is 13.4. The zero-order chi connectivity index (χ0) is 10.5. The van der Waals surface area contributed by atoms with Gasteiger partial charge in [0.1, 0.15) is 0 Å². The minimum absolute atomic E-state index is 0.0520. The standard InChI is InChI=1S/C6H15F2O3PS/c1-10-12(9,11-2)5-4-6-13(3,7)8/h4-6H2,1-3H3. The summed E-state index contributed by atoms with van der Waals surface area (Å²) in [5.41, 5.74) is 0. The number of hydrogen-bond acceptors (Lipinski definition) is 3. The Labute approximate surface area is 79.2 Å². The molecule has 0 radical (unpaired) electrons. The lowest BCUT2D eigenvalue weighted by Gasteiger charge is -2.17. The summed E-state index contributed by atoms with van der Waals surface area (Å²) in [6.07, 6.45) is 1.13. The Morgan fingerprint density at radius 3 is 2.08 bits per heavy atom. The molecule has 82 valence electrons. The quantitative estimate of drug-likeness (QED) is 0.665. The summed E-state index contributed by atoms with van der Waals surface area (Å²) < 4.78 is 45.4. The van der Waals surface area contributed by atoms with Gasteiger partial charge in [-0.15, -0.1) is 0 Å². The predicted octanol–water partition coefficient (Wildman–Crippen LogP) is 3.07. The van der Waals surface area contributed by atoms with Crippen LogP contribution >= 0.6 is 18.4 Å². The molecule has 7 heteroatoms. The molecule has 0 aromatic rings. The van der Waals surface area contributed by atoms with Gasteiger partial charge in [-0.05, 0) is 6.42 Å². The summed E-state index contributed by atoms with van der Waals surface area (Å²) in [4.78, 5) is 0. The van der Waals surface area contributed by atoms with Gasteiger partial charge in [-0.25, -0.2) is 0 Å². The van der Waals surface area contributed by atoms with E-state index in [2.05, 4.69) is 9.05 Å². The maximum Gasteiger partial charge on any atom is 0.330 e. The van der Waals surface area contributed by atoms with Crippen LogP contribution in [0, 0.1) is 0 Å². The number of rotatable bonds is 6. The van der Waals surface area contributed by atoms with Crippen molar-refractivity contribution in [1.29, 1.82) is 0 Å². The molecule has 0 fully saturated rings. The Morgan fingerprint density at radius 1 is 1.31 bits per heavy atom. The minimum Gasteiger partial charge on any atom is -0.312 e. The first-order chi connectivity index (χ1) is 5.83. The average Bonchev–Trinajstić information content (AvgIpc) is 2.02. The van der Waals surface area contributed by atoms with E-state index >= 15 is 0 Å². The molecule has 0 unspecified atom stereocenters. The molecule has 0 atom stereocenters. The second kappa shape index (κ2) is 5.29. The van der Waals surface area contributed by atoms with E-state index in [0.717, 1.165) is 6.26 Å². The fourth-order valence-corrected chi connectivity index (χ4v) is 2.69. The van der Waals surface area contributed by atoms with E-state index in [-0.39, 0.29) is 18.3 Å². The third-order valence-corrected chi connectivity index (χ3v) is 4.47. The van der Waals surface area contributed by atoms with Gasteiger partial charge in [0.15, 0.2) is 0 Å². The van der Waals surface area contributed by atoms with Crippen molar-refractivity contribution < 1.29 is 21.4 Å². The summed E-state index contributed by atoms with van der Waals surface area (Å²) >= 11 is 0. The minimum atomic E-state index is -3.50. The van der Waals surface area contributed by atoms with Gasteiger partial charge in [0.25, 0.3) is 0 Å². The molecule has 0 rings (SSSR count). The van der Waals surface area contributed by atoms with Crippen molar-refractivity contribution in [2.24, 2.45) is 0 Å². The lowest BCUT2D eigenvalue weighted by Crippen LogP contribution is -1.99. The van der Waals surface area contributed by atoms with Crippen LogP contribution in [-0.4, -0.2) is 32.4 Å². The van der Waals surface area contributed by atoms with Crippen LogP contribution in [0.25, 0.3) is 0 Å². The highest BCUT2D eigenvalue weighted by atomic mass is 32.3. The second-order valence-electron chi connectivity index (χ2n) is 2.63. The van der Waals surface area contributed by atoms with Gasteiger partial charge < -0.3 is 9.05 Å². The van der Waals surface area contributed by atoms with E-state index in [0.29, 0.717) is 0 Å². The maximum absolute atomic E-state index is 12.4. The highest BCUT2D eigenvalue weighted by molar-refractivity contribution is 8.24. The molecule has 0 heterocycles. The van der Waals surface area contributed by atoms with Crippen molar-refractivity contribution in [3.63, 3.8) is 0 Å². The van der Waals surface area contributed by atoms with Crippen LogP contribution < -0.4 is 0 Å². The van der Waals surface area contributed by atoms with Crippen molar-refractivity contribution >= 4 is 18.4 Å². The molecule has 0 spiro atoms. The Kier molecular flexibility index (Phi) is 5.44. The largest absolute Gasteiger partial charge is 0.330 e. The van der Waals surface area contributed by atoms with Crippen molar-refractivity contribution in [2.45, 2.75) is 6.42 Å². The molecule has 3 nitrogen and oxygen atoms in total. The van der Waals surface area contributed by atoms with E-state index in [1.807, 2.05) is 0 Å². The van der Waals surface area contributed by atoms with Crippen LogP contribution in [0.5, 0.6) is 0 Å². The normalized spacial score (nSPS) is 14.5. The Morgan fingerprint density at radius 2 is 1.77 bits per heavy atom. The van der Waals surface area contributed by atoms with Gasteiger partial charge in [-0.3, -0.25) is 4.57 Å². The molecule has 0 aromatic heterocycles. The topological polar surface area (TPSA) is 35.5 Å². The molecule has 0 aliphatic carbocycles. The predicted molar refractivity (Wildman–Crippen MR) is 51.7 cm³/mol. The molecular weight excluding hydrogens is 221 g/mol. The van der Waals surface area contributed by atoms with E-state index in [9.17, 15) is 12.3 Å². The first-order valence-corrected chi connectivity index (χ1v) is 7.42. The molecule has 0 amide bonds. The Balaban J connectivity index is 3.82. The molecule has 0 aliphatic heterocycles. The average molecular weight is 236 g/mol. The van der Waals surface area contributed by atoms with E-state index in [1.54, 1.807) is 0 Å². The summed E-state index contributed by atoms with van der Waals surface area (Å²) in [5.74, 6) is -0.219. The highest BCUT2D eigenvalue weighted by Gasteiger charge is 2.23. The van der Waals surface area contributed by atoms with Crippen LogP contribution in [-0.2, 0) is 13.6 Å². The van der Waals surface area contributed by atoms with Gasteiger partial charge in [-0.2, -0.15) is 7.77 Å². The molecule has 0 saturated carbocycles. The molecule has 0 N–H and O–H groups in total. The third kappa shape index (κ3) is 6.43. The van der Waals surface area contributed by atoms with Crippen molar-refractivity contribution in [3.05, 3.63) is 0 Å². The van der Waals surface area contributed by atoms with E-state index < -0.39 is 18.4 Å². The van der Waals surface area contributed by atoms with Crippen LogP contribution in [0.4, 0.5) is 7.77 Å². The van der Waals surface area contributed by atoms with Crippen molar-refractivity contribution in [3.8, 4) is 0 Å². The van der Waals surface area contributed by atoms with Crippen molar-refractivity contribution in [2.75, 3.05) is 32.4 Å². The van der Waals surface area contributed by atoms with E-state index in [1.165, 1.54) is 14.2 Å². The summed E-state index contributed by atoms with van der Waals surface area (Å²) in [7, 11) is -4.08. The van der Waals surface area contributed by atoms with Crippen LogP contribution in [0.15, 0.2) is 0 Å². The molecule has 0 aromatic carbocycles. The molecule has 0 saturated heterocycles. The zero-order valence-corrected chi connectivity index (χ0v) is 9.67. The van der Waals surface area contributed by atoms with E-state index in [4.69, 9.17) is 0 Å². The fourth-order valence-electron chi connectivity index (χ4n) is 0.769. The van der Waals surface area contributed by atoms with Crippen molar-refractivity contribution in [1.82, 2.24) is 0 Å². The molecule has 0 bridgehead atoms. The molecule has 0 aliphatic rings. The van der Waals surface area contributed by atoms with Gasteiger partial charge >= 0.3 is 7.60 Å². The second-order valence-corrected chi connectivity index (χ2v) is 7.19. The van der Waals surface area contributed by atoms with Gasteiger partial charge in [0.05, 0.1) is 17.0 Å². The van der Waals surface area contributed by atoms with Gasteiger partial charge in [-0.1, -0.05) is 0 Å². The monoisotopic (exact) mass is 236 g/mol. The summed E-state index contributed by atoms with van der Waals surface area (Å²) in [6, 6.07) is 0. The first-order valence-electron chi connectivity index (χ1n) is 3.69. The van der Waals surface area contributed by atoms with Crippen LogP contribution in [0.1, 0.15) is 6.42 Å². The Hall–Kier alpha value is 0.360. The van der Waals surface area contributed by atoms with Gasteiger partial charge in [0.2, 0.25) is 0 Å². The molecular formula is C6H15F2O3PS.